The zero-order chi connectivity index (χ0) is 14.8. The van der Waals surface area contributed by atoms with Gasteiger partial charge < -0.3 is 5.73 Å². The number of nitro groups is 1. The number of nitrogens with zero attached hydrogens (tertiary/aromatic N) is 3. The number of halogens is 1. The van der Waals surface area contributed by atoms with Gasteiger partial charge in [0.05, 0.1) is 4.92 Å². The Labute approximate surface area is 138 Å². The van der Waals surface area contributed by atoms with Gasteiger partial charge in [0.1, 0.15) is 0 Å². The van der Waals surface area contributed by atoms with Gasteiger partial charge in [-0.1, -0.05) is 12.1 Å². The van der Waals surface area contributed by atoms with Crippen molar-refractivity contribution in [2.75, 3.05) is 5.73 Å². The van der Waals surface area contributed by atoms with Gasteiger partial charge >= 0.3 is 0 Å². The van der Waals surface area contributed by atoms with E-state index in [9.17, 15) is 10.1 Å². The van der Waals surface area contributed by atoms with Crippen LogP contribution in [-0.2, 0) is 13.1 Å². The molecule has 0 spiro atoms. The lowest BCUT2D eigenvalue weighted by molar-refractivity contribution is -0.384. The number of hydrogen-bond donors (Lipinski definition) is 1. The van der Waals surface area contributed by atoms with Crippen molar-refractivity contribution in [3.05, 3.63) is 51.0 Å². The fourth-order valence-corrected chi connectivity index (χ4v) is 3.02. The Morgan fingerprint density at radius 3 is 2.50 bits per heavy atom. The highest BCUT2D eigenvalue weighted by Crippen LogP contribution is 2.31. The van der Waals surface area contributed by atoms with E-state index in [2.05, 4.69) is 9.88 Å². The molecule has 1 aliphatic carbocycles. The lowest BCUT2D eigenvalue weighted by Crippen LogP contribution is -2.24. The van der Waals surface area contributed by atoms with Gasteiger partial charge in [-0.25, -0.2) is 4.98 Å². The Kier molecular flexibility index (Phi) is 5.33. The molecule has 2 N–H and O–H groups in total. The van der Waals surface area contributed by atoms with Crippen LogP contribution >= 0.6 is 23.7 Å². The average Bonchev–Trinajstić information content (AvgIpc) is 3.23. The zero-order valence-electron chi connectivity index (χ0n) is 11.8. The van der Waals surface area contributed by atoms with Gasteiger partial charge in [-0.3, -0.25) is 15.0 Å². The molecule has 0 aliphatic heterocycles. The molecule has 22 heavy (non-hydrogen) atoms. The van der Waals surface area contributed by atoms with Gasteiger partial charge in [0, 0.05) is 42.3 Å². The van der Waals surface area contributed by atoms with Crippen LogP contribution < -0.4 is 5.73 Å². The fraction of sp³-hybridized carbons (Fsp3) is 0.357. The smallest absolute Gasteiger partial charge is 0.269 e. The average molecular weight is 341 g/mol. The lowest BCUT2D eigenvalue weighted by atomic mass is 10.2. The van der Waals surface area contributed by atoms with Crippen LogP contribution in [0.2, 0.25) is 0 Å². The Hall–Kier alpha value is -1.70. The highest BCUT2D eigenvalue weighted by Gasteiger charge is 2.29. The number of hydrogen-bond acceptors (Lipinski definition) is 6. The van der Waals surface area contributed by atoms with Gasteiger partial charge in [0.2, 0.25) is 0 Å². The second-order valence-corrected chi connectivity index (χ2v) is 6.37. The number of nitro benzene ring substituents is 1. The van der Waals surface area contributed by atoms with Crippen LogP contribution in [0.3, 0.4) is 0 Å². The Morgan fingerprint density at radius 2 is 2.00 bits per heavy atom. The SMILES string of the molecule is Cl.Nc1ncc(CN(Cc2ccc([N+](=O)[O-])cc2)C2CC2)s1. The normalized spacial score (nSPS) is 13.9. The lowest BCUT2D eigenvalue weighted by Gasteiger charge is -2.21. The van der Waals surface area contributed by atoms with Crippen molar-refractivity contribution >= 4 is 34.6 Å². The van der Waals surface area contributed by atoms with Gasteiger partial charge in [-0.05, 0) is 18.4 Å². The molecule has 118 valence electrons. The monoisotopic (exact) mass is 340 g/mol. The third-order valence-electron chi connectivity index (χ3n) is 3.53. The van der Waals surface area contributed by atoms with E-state index in [1.807, 2.05) is 18.3 Å². The van der Waals surface area contributed by atoms with Gasteiger partial charge in [-0.2, -0.15) is 0 Å². The number of nitrogen functional groups attached to an aromatic ring is 1. The zero-order valence-corrected chi connectivity index (χ0v) is 13.5. The summed E-state index contributed by atoms with van der Waals surface area (Å²) in [5.74, 6) is 0. The summed E-state index contributed by atoms with van der Waals surface area (Å²) < 4.78 is 0. The molecule has 0 unspecified atom stereocenters. The summed E-state index contributed by atoms with van der Waals surface area (Å²) in [6.07, 6.45) is 4.24. The molecule has 1 aromatic heterocycles. The van der Waals surface area contributed by atoms with Crippen molar-refractivity contribution < 1.29 is 4.92 Å². The molecule has 0 radical (unpaired) electrons. The van der Waals surface area contributed by atoms with E-state index in [1.54, 1.807) is 12.1 Å². The van der Waals surface area contributed by atoms with Crippen molar-refractivity contribution in [3.8, 4) is 0 Å². The van der Waals surface area contributed by atoms with E-state index < -0.39 is 0 Å². The molecule has 1 heterocycles. The Bertz CT molecular complexity index is 643. The maximum atomic E-state index is 10.7. The highest BCUT2D eigenvalue weighted by atomic mass is 35.5. The van der Waals surface area contributed by atoms with Crippen LogP contribution in [0.1, 0.15) is 23.3 Å². The summed E-state index contributed by atoms with van der Waals surface area (Å²) in [6, 6.07) is 7.38. The summed E-state index contributed by atoms with van der Waals surface area (Å²) in [5, 5.41) is 11.3. The molecular formula is C14H17ClN4O2S. The molecule has 1 saturated carbocycles. The first-order valence-corrected chi connectivity index (χ1v) is 7.61. The maximum Gasteiger partial charge on any atom is 0.269 e. The topological polar surface area (TPSA) is 85.3 Å². The summed E-state index contributed by atoms with van der Waals surface area (Å²) in [7, 11) is 0. The molecule has 1 aromatic carbocycles. The van der Waals surface area contributed by atoms with Crippen LogP contribution in [0.4, 0.5) is 10.8 Å². The van der Waals surface area contributed by atoms with E-state index in [4.69, 9.17) is 5.73 Å². The quantitative estimate of drug-likeness (QED) is 0.644. The first kappa shape index (κ1) is 16.7. The number of rotatable bonds is 6. The maximum absolute atomic E-state index is 10.7. The van der Waals surface area contributed by atoms with Crippen LogP contribution in [0.25, 0.3) is 0 Å². The third-order valence-corrected chi connectivity index (χ3v) is 4.34. The van der Waals surface area contributed by atoms with Gasteiger partial charge in [0.15, 0.2) is 5.13 Å². The van der Waals surface area contributed by atoms with Crippen molar-refractivity contribution in [2.24, 2.45) is 0 Å². The second kappa shape index (κ2) is 7.04. The molecule has 0 atom stereocenters. The predicted octanol–water partition coefficient (Wildman–Crippen LogP) is 3.22. The minimum absolute atomic E-state index is 0. The molecule has 0 amide bonds. The Morgan fingerprint density at radius 1 is 1.32 bits per heavy atom. The van der Waals surface area contributed by atoms with Crippen LogP contribution in [0.15, 0.2) is 30.5 Å². The molecule has 0 bridgehead atoms. The number of aromatic nitrogens is 1. The van der Waals surface area contributed by atoms with Crippen LogP contribution in [0, 0.1) is 10.1 Å². The van der Waals surface area contributed by atoms with E-state index in [-0.39, 0.29) is 23.0 Å². The van der Waals surface area contributed by atoms with Crippen LogP contribution in [-0.4, -0.2) is 20.8 Å². The molecule has 3 rings (SSSR count). The molecule has 0 saturated heterocycles. The molecule has 8 heteroatoms. The van der Waals surface area contributed by atoms with Crippen molar-refractivity contribution in [2.45, 2.75) is 32.0 Å². The first-order valence-electron chi connectivity index (χ1n) is 6.79. The third kappa shape index (κ3) is 4.16. The summed E-state index contributed by atoms with van der Waals surface area (Å²) in [6.45, 7) is 1.62. The highest BCUT2D eigenvalue weighted by molar-refractivity contribution is 7.15. The Balaban J connectivity index is 0.00000176. The minimum atomic E-state index is -0.372. The fourth-order valence-electron chi connectivity index (χ4n) is 2.31. The second-order valence-electron chi connectivity index (χ2n) is 5.22. The molecule has 1 fully saturated rings. The molecule has 6 nitrogen and oxygen atoms in total. The number of anilines is 1. The molecular weight excluding hydrogens is 324 g/mol. The van der Waals surface area contributed by atoms with Crippen molar-refractivity contribution in [1.82, 2.24) is 9.88 Å². The summed E-state index contributed by atoms with van der Waals surface area (Å²) >= 11 is 1.51. The van der Waals surface area contributed by atoms with E-state index >= 15 is 0 Å². The van der Waals surface area contributed by atoms with E-state index in [0.717, 1.165) is 23.5 Å². The largest absolute Gasteiger partial charge is 0.375 e. The van der Waals surface area contributed by atoms with Crippen LogP contribution in [0.5, 0.6) is 0 Å². The van der Waals surface area contributed by atoms with E-state index in [0.29, 0.717) is 11.2 Å². The number of non-ortho nitro benzene ring substituents is 1. The predicted molar refractivity (Wildman–Crippen MR) is 89.1 cm³/mol. The number of benzene rings is 1. The van der Waals surface area contributed by atoms with Gasteiger partial charge in [0.25, 0.3) is 5.69 Å². The first-order chi connectivity index (χ1) is 10.1. The van der Waals surface area contributed by atoms with Crippen molar-refractivity contribution in [1.29, 1.82) is 0 Å². The van der Waals surface area contributed by atoms with Crippen molar-refractivity contribution in [3.63, 3.8) is 0 Å². The molecule has 1 aliphatic rings. The number of nitrogens with two attached hydrogens (primary N) is 1. The summed E-state index contributed by atoms with van der Waals surface area (Å²) in [4.78, 5) is 17.9. The minimum Gasteiger partial charge on any atom is -0.375 e. The van der Waals surface area contributed by atoms with Gasteiger partial charge in [-0.15, -0.1) is 23.7 Å². The number of thiazole rings is 1. The summed E-state index contributed by atoms with van der Waals surface area (Å²) in [5.41, 5.74) is 6.89. The molecule has 2 aromatic rings. The standard InChI is InChI=1S/C14H16N4O2S.ClH/c15-14-16-7-13(21-14)9-17(11-5-6-11)8-10-1-3-12(4-2-10)18(19)20;/h1-4,7,11H,5-6,8-9H2,(H2,15,16);1H. The van der Waals surface area contributed by atoms with E-state index in [1.165, 1.54) is 24.2 Å².